The summed E-state index contributed by atoms with van der Waals surface area (Å²) in [6.07, 6.45) is 6.36. The zero-order chi connectivity index (χ0) is 16.2. The van der Waals surface area contributed by atoms with Crippen LogP contribution in [0, 0.1) is 0 Å². The van der Waals surface area contributed by atoms with E-state index in [1.807, 2.05) is 22.9 Å². The number of aromatic nitrogens is 5. The summed E-state index contributed by atoms with van der Waals surface area (Å²) in [6, 6.07) is 10.6. The predicted octanol–water partition coefficient (Wildman–Crippen LogP) is 1.92. The van der Waals surface area contributed by atoms with E-state index < -0.39 is 0 Å². The van der Waals surface area contributed by atoms with Crippen LogP contribution in [0.25, 0.3) is 0 Å². The van der Waals surface area contributed by atoms with Gasteiger partial charge in [0.25, 0.3) is 0 Å². The van der Waals surface area contributed by atoms with Gasteiger partial charge in [-0.25, -0.2) is 4.98 Å². The quantitative estimate of drug-likeness (QED) is 0.690. The molecule has 3 heterocycles. The highest BCUT2D eigenvalue weighted by molar-refractivity contribution is 5.17. The number of hydrogen-bond acceptors (Lipinski definition) is 6. The Balaban J connectivity index is 1.38. The predicted molar refractivity (Wildman–Crippen MR) is 87.0 cm³/mol. The lowest BCUT2D eigenvalue weighted by atomic mass is 10.2. The van der Waals surface area contributed by atoms with Crippen LogP contribution in [-0.2, 0) is 19.5 Å². The Morgan fingerprint density at radius 3 is 2.83 bits per heavy atom. The molecule has 0 aliphatic carbocycles. The van der Waals surface area contributed by atoms with E-state index in [0.29, 0.717) is 30.8 Å². The summed E-state index contributed by atoms with van der Waals surface area (Å²) < 4.78 is 7.72. The zero-order valence-corrected chi connectivity index (χ0v) is 13.5. The summed E-state index contributed by atoms with van der Waals surface area (Å²) in [6.45, 7) is 2.60. The van der Waals surface area contributed by atoms with Crippen molar-refractivity contribution in [3.05, 3.63) is 60.3 Å². The number of hydrogen-bond donors (Lipinski definition) is 0. The minimum atomic E-state index is 0.441. The third kappa shape index (κ3) is 3.51. The average molecular weight is 324 g/mol. The Morgan fingerprint density at radius 2 is 2.00 bits per heavy atom. The second-order valence-corrected chi connectivity index (χ2v) is 6.14. The molecule has 0 N–H and O–H groups in total. The van der Waals surface area contributed by atoms with Crippen LogP contribution in [0.4, 0.5) is 0 Å². The fraction of sp³-hybridized carbons (Fsp3) is 0.412. The van der Waals surface area contributed by atoms with Crippen LogP contribution in [0.2, 0.25) is 0 Å². The van der Waals surface area contributed by atoms with Crippen molar-refractivity contribution in [2.45, 2.75) is 38.4 Å². The van der Waals surface area contributed by atoms with Crippen molar-refractivity contribution >= 4 is 0 Å². The molecule has 0 amide bonds. The Labute approximate surface area is 140 Å². The first-order chi connectivity index (χ1) is 11.9. The molecule has 1 saturated heterocycles. The fourth-order valence-electron chi connectivity index (χ4n) is 3.22. The van der Waals surface area contributed by atoms with Crippen molar-refractivity contribution in [1.29, 1.82) is 0 Å². The molecular formula is C17H20N6O. The van der Waals surface area contributed by atoms with E-state index in [0.717, 1.165) is 19.5 Å². The first-order valence-electron chi connectivity index (χ1n) is 8.28. The van der Waals surface area contributed by atoms with E-state index in [-0.39, 0.29) is 0 Å². The van der Waals surface area contributed by atoms with E-state index in [4.69, 9.17) is 4.42 Å². The zero-order valence-electron chi connectivity index (χ0n) is 13.5. The highest BCUT2D eigenvalue weighted by Crippen LogP contribution is 2.21. The van der Waals surface area contributed by atoms with Crippen molar-refractivity contribution in [2.24, 2.45) is 0 Å². The largest absolute Gasteiger partial charge is 0.424 e. The average Bonchev–Trinajstić information content (AvgIpc) is 3.34. The molecular weight excluding hydrogens is 304 g/mol. The van der Waals surface area contributed by atoms with Gasteiger partial charge in [0.15, 0.2) is 0 Å². The highest BCUT2D eigenvalue weighted by atomic mass is 16.4. The third-order valence-corrected chi connectivity index (χ3v) is 4.41. The van der Waals surface area contributed by atoms with Gasteiger partial charge in [-0.2, -0.15) is 5.10 Å². The maximum absolute atomic E-state index is 5.83. The first-order valence-corrected chi connectivity index (χ1v) is 8.28. The smallest absolute Gasteiger partial charge is 0.230 e. The second kappa shape index (κ2) is 6.92. The summed E-state index contributed by atoms with van der Waals surface area (Å²) in [7, 11) is 0. The lowest BCUT2D eigenvalue weighted by Crippen LogP contribution is -2.32. The Morgan fingerprint density at radius 1 is 1.12 bits per heavy atom. The molecule has 1 atom stereocenters. The second-order valence-electron chi connectivity index (χ2n) is 6.14. The van der Waals surface area contributed by atoms with Gasteiger partial charge in [-0.1, -0.05) is 30.3 Å². The van der Waals surface area contributed by atoms with Crippen LogP contribution in [0.5, 0.6) is 0 Å². The van der Waals surface area contributed by atoms with E-state index in [2.05, 4.69) is 37.3 Å². The van der Waals surface area contributed by atoms with Crippen molar-refractivity contribution < 1.29 is 4.42 Å². The van der Waals surface area contributed by atoms with Crippen LogP contribution in [0.1, 0.15) is 30.2 Å². The lowest BCUT2D eigenvalue weighted by molar-refractivity contribution is 0.198. The molecule has 0 unspecified atom stereocenters. The van der Waals surface area contributed by atoms with E-state index in [1.165, 1.54) is 12.0 Å². The van der Waals surface area contributed by atoms with Crippen LogP contribution in [0.3, 0.4) is 0 Å². The van der Waals surface area contributed by atoms with E-state index in [9.17, 15) is 0 Å². The van der Waals surface area contributed by atoms with Gasteiger partial charge in [0.2, 0.25) is 11.8 Å². The van der Waals surface area contributed by atoms with Gasteiger partial charge in [0, 0.05) is 6.04 Å². The van der Waals surface area contributed by atoms with Gasteiger partial charge in [0.1, 0.15) is 12.7 Å². The number of nitrogens with zero attached hydrogens (tertiary/aromatic N) is 6. The van der Waals surface area contributed by atoms with Gasteiger partial charge in [-0.05, 0) is 24.9 Å². The molecule has 2 aromatic heterocycles. The molecule has 0 spiro atoms. The molecule has 1 aromatic carbocycles. The van der Waals surface area contributed by atoms with Crippen LogP contribution in [-0.4, -0.2) is 42.4 Å². The minimum absolute atomic E-state index is 0.441. The van der Waals surface area contributed by atoms with Crippen LogP contribution >= 0.6 is 0 Å². The molecule has 3 aromatic rings. The van der Waals surface area contributed by atoms with Crippen LogP contribution < -0.4 is 0 Å². The minimum Gasteiger partial charge on any atom is -0.424 e. The molecule has 4 rings (SSSR count). The summed E-state index contributed by atoms with van der Waals surface area (Å²) in [4.78, 5) is 6.40. The summed E-state index contributed by atoms with van der Waals surface area (Å²) in [5.41, 5.74) is 1.18. The Bertz CT molecular complexity index is 755. The van der Waals surface area contributed by atoms with Gasteiger partial charge in [0.05, 0.1) is 19.5 Å². The first kappa shape index (κ1) is 15.0. The fourth-order valence-corrected chi connectivity index (χ4v) is 3.22. The van der Waals surface area contributed by atoms with E-state index >= 15 is 0 Å². The maximum atomic E-state index is 5.83. The number of benzene rings is 1. The molecule has 0 bridgehead atoms. The summed E-state index contributed by atoms with van der Waals surface area (Å²) >= 11 is 0. The molecule has 7 nitrogen and oxygen atoms in total. The third-order valence-electron chi connectivity index (χ3n) is 4.41. The van der Waals surface area contributed by atoms with Crippen LogP contribution in [0.15, 0.2) is 47.4 Å². The van der Waals surface area contributed by atoms with Crippen molar-refractivity contribution in [1.82, 2.24) is 29.9 Å². The van der Waals surface area contributed by atoms with Gasteiger partial charge < -0.3 is 4.42 Å². The van der Waals surface area contributed by atoms with Crippen molar-refractivity contribution in [3.63, 3.8) is 0 Å². The normalized spacial score (nSPS) is 18.2. The number of likely N-dealkylation sites (tertiary alicyclic amines) is 1. The molecule has 1 aliphatic rings. The SMILES string of the molecule is c1ccc(Cc2nnc(CN3CCC[C@H]3Cn3cncn3)o2)cc1. The molecule has 124 valence electrons. The molecule has 1 fully saturated rings. The molecule has 1 aliphatic heterocycles. The van der Waals surface area contributed by atoms with Crippen molar-refractivity contribution in [2.75, 3.05) is 6.54 Å². The maximum Gasteiger partial charge on any atom is 0.230 e. The monoisotopic (exact) mass is 324 g/mol. The molecule has 24 heavy (non-hydrogen) atoms. The topological polar surface area (TPSA) is 72.9 Å². The van der Waals surface area contributed by atoms with Crippen molar-refractivity contribution in [3.8, 4) is 0 Å². The lowest BCUT2D eigenvalue weighted by Gasteiger charge is -2.22. The standard InChI is InChI=1S/C17H20N6O/c1-2-5-14(6-3-1)9-16-20-21-17(24-16)11-22-8-4-7-15(22)10-23-13-18-12-19-23/h1-3,5-6,12-13,15H,4,7-11H2/t15-/m0/s1. The molecule has 0 saturated carbocycles. The van der Waals surface area contributed by atoms with Gasteiger partial charge in [-0.3, -0.25) is 9.58 Å². The summed E-state index contributed by atoms with van der Waals surface area (Å²) in [5, 5.41) is 12.6. The van der Waals surface area contributed by atoms with Gasteiger partial charge in [-0.15, -0.1) is 10.2 Å². The highest BCUT2D eigenvalue weighted by Gasteiger charge is 2.26. The van der Waals surface area contributed by atoms with Gasteiger partial charge >= 0.3 is 0 Å². The van der Waals surface area contributed by atoms with E-state index in [1.54, 1.807) is 12.7 Å². The number of rotatable bonds is 6. The Kier molecular flexibility index (Phi) is 4.33. The molecule has 0 radical (unpaired) electrons. The molecule has 7 heteroatoms. The Hall–Kier alpha value is -2.54. The summed E-state index contributed by atoms with van der Waals surface area (Å²) in [5.74, 6) is 1.36.